The predicted molar refractivity (Wildman–Crippen MR) is 67.6 cm³/mol. The monoisotopic (exact) mass is 232 g/mol. The van der Waals surface area contributed by atoms with Crippen LogP contribution >= 0.6 is 0 Å². The van der Waals surface area contributed by atoms with Gasteiger partial charge in [-0.25, -0.2) is 4.39 Å². The molecule has 0 bridgehead atoms. The molecule has 1 saturated carbocycles. The van der Waals surface area contributed by atoms with Crippen molar-refractivity contribution < 1.29 is 4.39 Å². The highest BCUT2D eigenvalue weighted by Crippen LogP contribution is 2.27. The fourth-order valence-electron chi connectivity index (χ4n) is 2.37. The largest absolute Gasteiger partial charge is 0.358 e. The average molecular weight is 232 g/mol. The number of aromatic amines is 1. The number of nitrogens with one attached hydrogen (secondary N) is 2. The van der Waals surface area contributed by atoms with Gasteiger partial charge in [0, 0.05) is 29.2 Å². The molecule has 0 saturated heterocycles. The Labute approximate surface area is 100 Å². The molecule has 1 aliphatic rings. The van der Waals surface area contributed by atoms with Gasteiger partial charge in [-0.2, -0.15) is 0 Å². The van der Waals surface area contributed by atoms with E-state index in [-0.39, 0.29) is 5.82 Å². The molecule has 3 heteroatoms. The molecule has 0 radical (unpaired) electrons. The minimum atomic E-state index is -0.151. The second kappa shape index (κ2) is 3.84. The summed E-state index contributed by atoms with van der Waals surface area (Å²) in [6.07, 6.45) is 2.55. The summed E-state index contributed by atoms with van der Waals surface area (Å²) in [5.41, 5.74) is 4.38. The Hall–Kier alpha value is -1.35. The summed E-state index contributed by atoms with van der Waals surface area (Å²) in [6, 6.07) is 3.89. The first-order valence-electron chi connectivity index (χ1n) is 6.16. The highest BCUT2D eigenvalue weighted by atomic mass is 19.1. The van der Waals surface area contributed by atoms with Gasteiger partial charge < -0.3 is 10.3 Å². The Bertz CT molecular complexity index is 567. The number of aromatic nitrogens is 1. The van der Waals surface area contributed by atoms with Gasteiger partial charge in [0.1, 0.15) is 5.82 Å². The zero-order chi connectivity index (χ0) is 12.0. The van der Waals surface area contributed by atoms with Gasteiger partial charge in [-0.1, -0.05) is 0 Å². The Kier molecular flexibility index (Phi) is 2.44. The number of aryl methyl sites for hydroxylation is 2. The first kappa shape index (κ1) is 10.8. The zero-order valence-electron chi connectivity index (χ0n) is 10.2. The number of fused-ring (bicyclic) bond motifs is 1. The third-order valence-corrected chi connectivity index (χ3v) is 3.54. The second-order valence-electron chi connectivity index (χ2n) is 5.03. The van der Waals surface area contributed by atoms with Crippen LogP contribution < -0.4 is 5.32 Å². The number of H-pyrrole nitrogens is 1. The summed E-state index contributed by atoms with van der Waals surface area (Å²) in [5.74, 6) is -0.151. The van der Waals surface area contributed by atoms with E-state index in [1.54, 1.807) is 12.1 Å². The van der Waals surface area contributed by atoms with Crippen LogP contribution in [0.5, 0.6) is 0 Å². The van der Waals surface area contributed by atoms with Gasteiger partial charge in [0.15, 0.2) is 0 Å². The molecule has 0 unspecified atom stereocenters. The summed E-state index contributed by atoms with van der Waals surface area (Å²) >= 11 is 0. The van der Waals surface area contributed by atoms with Gasteiger partial charge in [-0.05, 0) is 49.9 Å². The topological polar surface area (TPSA) is 27.8 Å². The van der Waals surface area contributed by atoms with E-state index in [2.05, 4.69) is 17.2 Å². The normalized spacial score (nSPS) is 15.7. The quantitative estimate of drug-likeness (QED) is 0.835. The van der Waals surface area contributed by atoms with Crippen molar-refractivity contribution in [2.75, 3.05) is 0 Å². The van der Waals surface area contributed by atoms with E-state index in [0.29, 0.717) is 6.04 Å². The predicted octanol–water partition coefficient (Wildman–Crippen LogP) is 3.18. The molecule has 1 aromatic carbocycles. The van der Waals surface area contributed by atoms with Crippen molar-refractivity contribution in [3.05, 3.63) is 34.8 Å². The maximum absolute atomic E-state index is 13.5. The number of halogens is 1. The second-order valence-corrected chi connectivity index (χ2v) is 5.03. The molecule has 1 aliphatic carbocycles. The smallest absolute Gasteiger partial charge is 0.124 e. The van der Waals surface area contributed by atoms with Gasteiger partial charge in [0.25, 0.3) is 0 Å². The van der Waals surface area contributed by atoms with E-state index in [1.807, 2.05) is 6.92 Å². The molecule has 1 aromatic heterocycles. The Balaban J connectivity index is 2.05. The fraction of sp³-hybridized carbons (Fsp3) is 0.429. The van der Waals surface area contributed by atoms with Crippen molar-refractivity contribution in [3.8, 4) is 0 Å². The van der Waals surface area contributed by atoms with Gasteiger partial charge in [0.05, 0.1) is 0 Å². The van der Waals surface area contributed by atoms with E-state index < -0.39 is 0 Å². The van der Waals surface area contributed by atoms with Crippen molar-refractivity contribution >= 4 is 10.9 Å². The molecule has 2 aromatic rings. The molecular formula is C14H17FN2. The number of hydrogen-bond acceptors (Lipinski definition) is 1. The highest BCUT2D eigenvalue weighted by molar-refractivity contribution is 5.87. The lowest BCUT2D eigenvalue weighted by molar-refractivity contribution is 0.628. The SMILES string of the molecule is Cc1[nH]c2c(C)cc(F)cc2c1CNC1CC1. The zero-order valence-corrected chi connectivity index (χ0v) is 10.2. The van der Waals surface area contributed by atoms with Crippen molar-refractivity contribution in [2.45, 2.75) is 39.3 Å². The molecule has 17 heavy (non-hydrogen) atoms. The molecule has 2 N–H and O–H groups in total. The highest BCUT2D eigenvalue weighted by Gasteiger charge is 2.21. The summed E-state index contributed by atoms with van der Waals surface area (Å²) in [4.78, 5) is 3.36. The van der Waals surface area contributed by atoms with E-state index in [4.69, 9.17) is 0 Å². The van der Waals surface area contributed by atoms with Crippen LogP contribution in [-0.4, -0.2) is 11.0 Å². The molecule has 0 spiro atoms. The summed E-state index contributed by atoms with van der Waals surface area (Å²) in [6.45, 7) is 4.83. The van der Waals surface area contributed by atoms with Crippen molar-refractivity contribution in [1.29, 1.82) is 0 Å². The van der Waals surface area contributed by atoms with Crippen LogP contribution in [0.1, 0.15) is 29.7 Å². The van der Waals surface area contributed by atoms with Gasteiger partial charge in [-0.15, -0.1) is 0 Å². The van der Waals surface area contributed by atoms with E-state index in [9.17, 15) is 4.39 Å². The van der Waals surface area contributed by atoms with Crippen LogP contribution in [0.2, 0.25) is 0 Å². The standard InChI is InChI=1S/C14H17FN2/c1-8-5-10(15)6-12-13(7-16-11-3-4-11)9(2)17-14(8)12/h5-6,11,16-17H,3-4,7H2,1-2H3. The fourth-order valence-corrected chi connectivity index (χ4v) is 2.37. The Morgan fingerprint density at radius 3 is 2.82 bits per heavy atom. The van der Waals surface area contributed by atoms with E-state index >= 15 is 0 Å². The van der Waals surface area contributed by atoms with Gasteiger partial charge in [0.2, 0.25) is 0 Å². The average Bonchev–Trinajstić information content (AvgIpc) is 3.02. The van der Waals surface area contributed by atoms with Crippen molar-refractivity contribution in [3.63, 3.8) is 0 Å². The first-order chi connectivity index (χ1) is 8.15. The maximum Gasteiger partial charge on any atom is 0.124 e. The van der Waals surface area contributed by atoms with Crippen LogP contribution in [0, 0.1) is 19.7 Å². The van der Waals surface area contributed by atoms with E-state index in [0.717, 1.165) is 28.7 Å². The lowest BCUT2D eigenvalue weighted by Crippen LogP contribution is -2.15. The molecule has 3 rings (SSSR count). The molecule has 0 aliphatic heterocycles. The van der Waals surface area contributed by atoms with Crippen molar-refractivity contribution in [2.24, 2.45) is 0 Å². The van der Waals surface area contributed by atoms with E-state index in [1.165, 1.54) is 18.4 Å². The number of hydrogen-bond donors (Lipinski definition) is 2. The molecule has 1 fully saturated rings. The maximum atomic E-state index is 13.5. The molecule has 2 nitrogen and oxygen atoms in total. The van der Waals surface area contributed by atoms with Crippen LogP contribution in [0.25, 0.3) is 10.9 Å². The molecule has 0 amide bonds. The van der Waals surface area contributed by atoms with Crippen LogP contribution in [-0.2, 0) is 6.54 Å². The lowest BCUT2D eigenvalue weighted by atomic mass is 10.1. The van der Waals surface area contributed by atoms with Crippen LogP contribution in [0.4, 0.5) is 4.39 Å². The Morgan fingerprint density at radius 2 is 2.12 bits per heavy atom. The summed E-state index contributed by atoms with van der Waals surface area (Å²) < 4.78 is 13.5. The minimum Gasteiger partial charge on any atom is -0.358 e. The molecular weight excluding hydrogens is 215 g/mol. The van der Waals surface area contributed by atoms with Gasteiger partial charge >= 0.3 is 0 Å². The van der Waals surface area contributed by atoms with Crippen LogP contribution in [0.15, 0.2) is 12.1 Å². The Morgan fingerprint density at radius 1 is 1.35 bits per heavy atom. The summed E-state index contributed by atoms with van der Waals surface area (Å²) in [5, 5.41) is 4.51. The first-order valence-corrected chi connectivity index (χ1v) is 6.16. The van der Waals surface area contributed by atoms with Gasteiger partial charge in [-0.3, -0.25) is 0 Å². The lowest BCUT2D eigenvalue weighted by Gasteiger charge is -2.03. The molecule has 1 heterocycles. The van der Waals surface area contributed by atoms with Crippen molar-refractivity contribution in [1.82, 2.24) is 10.3 Å². The third kappa shape index (κ3) is 1.95. The minimum absolute atomic E-state index is 0.151. The summed E-state index contributed by atoms with van der Waals surface area (Å²) in [7, 11) is 0. The number of benzene rings is 1. The van der Waals surface area contributed by atoms with Crippen LogP contribution in [0.3, 0.4) is 0 Å². The molecule has 0 atom stereocenters. The molecule has 90 valence electrons. The third-order valence-electron chi connectivity index (χ3n) is 3.54. The number of rotatable bonds is 3.